The van der Waals surface area contributed by atoms with E-state index >= 15 is 0 Å². The second-order valence-electron chi connectivity index (χ2n) is 10.0. The lowest BCUT2D eigenvalue weighted by Crippen LogP contribution is -2.59. The predicted octanol–water partition coefficient (Wildman–Crippen LogP) is 3.57. The fraction of sp³-hybridized carbons (Fsp3) is 0.952. The van der Waals surface area contributed by atoms with Gasteiger partial charge in [0.2, 0.25) is 0 Å². The van der Waals surface area contributed by atoms with E-state index < -0.39 is 0 Å². The number of Topliss-reactive ketones (excluding diaryl/α,β-unsaturated/α-hetero) is 1. The van der Waals surface area contributed by atoms with Crippen LogP contribution in [-0.4, -0.2) is 28.2 Å². The molecule has 4 rings (SSSR count). The van der Waals surface area contributed by atoms with Gasteiger partial charge in [-0.15, -0.1) is 0 Å². The summed E-state index contributed by atoms with van der Waals surface area (Å²) < 4.78 is 0. The summed E-state index contributed by atoms with van der Waals surface area (Å²) in [4.78, 5) is 12.2. The summed E-state index contributed by atoms with van der Waals surface area (Å²) in [6.45, 7) is 6.43. The SMILES string of the molecule is CC(=O)[C@H]1CCC2C3CCC4C[C@@H](O)CC[C@]4(C)C3[C@@H](O)C[C@@]21C. The third-order valence-corrected chi connectivity index (χ3v) is 9.06. The van der Waals surface area contributed by atoms with E-state index in [0.29, 0.717) is 29.5 Å². The smallest absolute Gasteiger partial charge is 0.133 e. The van der Waals surface area contributed by atoms with Crippen molar-refractivity contribution in [2.45, 2.75) is 84.3 Å². The van der Waals surface area contributed by atoms with Gasteiger partial charge in [-0.25, -0.2) is 0 Å². The van der Waals surface area contributed by atoms with E-state index in [1.54, 1.807) is 6.92 Å². The molecule has 4 saturated carbocycles. The summed E-state index contributed by atoms with van der Waals surface area (Å²) >= 11 is 0. The molecule has 4 aliphatic carbocycles. The van der Waals surface area contributed by atoms with Gasteiger partial charge in [-0.3, -0.25) is 4.79 Å². The fourth-order valence-corrected chi connectivity index (χ4v) is 8.03. The lowest BCUT2D eigenvalue weighted by molar-refractivity contribution is -0.178. The average Bonchev–Trinajstić information content (AvgIpc) is 2.84. The minimum atomic E-state index is -0.278. The standard InChI is InChI=1S/C21H34O3/c1-12(22)16-6-7-17-15-5-4-13-10-14(23)8-9-20(13,2)19(15)18(24)11-21(16,17)3/h13-19,23-24H,4-11H2,1-3H3/t13?,14-,15?,16+,17?,18-,19?,20-,21+/m0/s1. The van der Waals surface area contributed by atoms with Crippen LogP contribution in [0.15, 0.2) is 0 Å². The molecule has 9 atom stereocenters. The molecule has 3 nitrogen and oxygen atoms in total. The zero-order valence-electron chi connectivity index (χ0n) is 15.5. The second kappa shape index (κ2) is 5.54. The maximum Gasteiger partial charge on any atom is 0.133 e. The monoisotopic (exact) mass is 334 g/mol. The van der Waals surface area contributed by atoms with Gasteiger partial charge in [0.05, 0.1) is 12.2 Å². The third-order valence-electron chi connectivity index (χ3n) is 9.06. The first-order valence-corrected chi connectivity index (χ1v) is 10.1. The van der Waals surface area contributed by atoms with E-state index in [0.717, 1.165) is 38.5 Å². The first kappa shape index (κ1) is 17.0. The van der Waals surface area contributed by atoms with Crippen LogP contribution >= 0.6 is 0 Å². The van der Waals surface area contributed by atoms with Crippen LogP contribution in [0.25, 0.3) is 0 Å². The number of carbonyl (C=O) groups excluding carboxylic acids is 1. The summed E-state index contributed by atoms with van der Waals surface area (Å²) in [6, 6.07) is 0. The Balaban J connectivity index is 1.67. The molecule has 24 heavy (non-hydrogen) atoms. The maximum atomic E-state index is 12.2. The first-order chi connectivity index (χ1) is 11.3. The van der Waals surface area contributed by atoms with Crippen LogP contribution in [0, 0.1) is 40.4 Å². The van der Waals surface area contributed by atoms with Crippen LogP contribution in [0.3, 0.4) is 0 Å². The van der Waals surface area contributed by atoms with E-state index in [-0.39, 0.29) is 29.0 Å². The predicted molar refractivity (Wildman–Crippen MR) is 93.3 cm³/mol. The Morgan fingerprint density at radius 3 is 2.46 bits per heavy atom. The van der Waals surface area contributed by atoms with Gasteiger partial charge in [-0.05, 0) is 92.8 Å². The van der Waals surface area contributed by atoms with Crippen LogP contribution in [0.5, 0.6) is 0 Å². The lowest BCUT2D eigenvalue weighted by Gasteiger charge is -2.62. The second-order valence-corrected chi connectivity index (χ2v) is 10.0. The highest BCUT2D eigenvalue weighted by Crippen LogP contribution is 2.67. The van der Waals surface area contributed by atoms with E-state index in [9.17, 15) is 15.0 Å². The molecule has 3 heteroatoms. The van der Waals surface area contributed by atoms with Crippen LogP contribution in [0.1, 0.15) is 72.1 Å². The Bertz CT molecular complexity index is 531. The van der Waals surface area contributed by atoms with Crippen molar-refractivity contribution >= 4 is 5.78 Å². The molecule has 0 saturated heterocycles. The Hall–Kier alpha value is -0.410. The van der Waals surface area contributed by atoms with E-state index in [1.165, 1.54) is 12.8 Å². The van der Waals surface area contributed by atoms with E-state index in [1.807, 2.05) is 0 Å². The Morgan fingerprint density at radius 2 is 1.75 bits per heavy atom. The topological polar surface area (TPSA) is 57.5 Å². The van der Waals surface area contributed by atoms with Gasteiger partial charge in [0, 0.05) is 5.92 Å². The van der Waals surface area contributed by atoms with Gasteiger partial charge in [-0.1, -0.05) is 13.8 Å². The third kappa shape index (κ3) is 2.19. The molecule has 0 radical (unpaired) electrons. The number of hydrogen-bond donors (Lipinski definition) is 2. The molecule has 4 unspecified atom stereocenters. The molecule has 0 aromatic rings. The zero-order valence-corrected chi connectivity index (χ0v) is 15.5. The summed E-state index contributed by atoms with van der Waals surface area (Å²) in [5.74, 6) is 2.58. The van der Waals surface area contributed by atoms with Gasteiger partial charge in [-0.2, -0.15) is 0 Å². The highest BCUT2D eigenvalue weighted by atomic mass is 16.3. The molecule has 2 N–H and O–H groups in total. The van der Waals surface area contributed by atoms with Crippen molar-refractivity contribution in [2.24, 2.45) is 40.4 Å². The van der Waals surface area contributed by atoms with Crippen molar-refractivity contribution in [2.75, 3.05) is 0 Å². The van der Waals surface area contributed by atoms with Crippen LogP contribution < -0.4 is 0 Å². The van der Waals surface area contributed by atoms with E-state index in [4.69, 9.17) is 0 Å². The molecule has 0 bridgehead atoms. The summed E-state index contributed by atoms with van der Waals surface area (Å²) in [6.07, 6.45) is 7.80. The van der Waals surface area contributed by atoms with Gasteiger partial charge < -0.3 is 10.2 Å². The van der Waals surface area contributed by atoms with Crippen molar-refractivity contribution < 1.29 is 15.0 Å². The quantitative estimate of drug-likeness (QED) is 0.771. The summed E-state index contributed by atoms with van der Waals surface area (Å²) in [5, 5.41) is 21.3. The molecule has 0 aromatic carbocycles. The Labute approximate surface area is 146 Å². The van der Waals surface area contributed by atoms with Crippen LogP contribution in [0.2, 0.25) is 0 Å². The minimum absolute atomic E-state index is 0.00376. The molecule has 0 aromatic heterocycles. The number of aliphatic hydroxyl groups excluding tert-OH is 2. The van der Waals surface area contributed by atoms with Gasteiger partial charge >= 0.3 is 0 Å². The zero-order chi connectivity index (χ0) is 17.3. The number of carbonyl (C=O) groups is 1. The maximum absolute atomic E-state index is 12.2. The van der Waals surface area contributed by atoms with Gasteiger partial charge in [0.1, 0.15) is 5.78 Å². The molecule has 4 aliphatic rings. The average molecular weight is 335 g/mol. The van der Waals surface area contributed by atoms with Crippen molar-refractivity contribution in [3.8, 4) is 0 Å². The first-order valence-electron chi connectivity index (χ1n) is 10.1. The number of rotatable bonds is 1. The fourth-order valence-electron chi connectivity index (χ4n) is 8.03. The molecule has 136 valence electrons. The largest absolute Gasteiger partial charge is 0.393 e. The van der Waals surface area contributed by atoms with Crippen molar-refractivity contribution in [3.63, 3.8) is 0 Å². The Kier molecular flexibility index (Phi) is 3.93. The number of hydrogen-bond acceptors (Lipinski definition) is 3. The molecular weight excluding hydrogens is 300 g/mol. The molecular formula is C21H34O3. The van der Waals surface area contributed by atoms with Crippen LogP contribution in [-0.2, 0) is 4.79 Å². The Morgan fingerprint density at radius 1 is 1.00 bits per heavy atom. The number of aliphatic hydroxyl groups is 2. The van der Waals surface area contributed by atoms with Crippen molar-refractivity contribution in [3.05, 3.63) is 0 Å². The lowest BCUT2D eigenvalue weighted by atomic mass is 9.44. The van der Waals surface area contributed by atoms with Crippen molar-refractivity contribution in [1.29, 1.82) is 0 Å². The molecule has 0 spiro atoms. The minimum Gasteiger partial charge on any atom is -0.393 e. The molecule has 0 heterocycles. The molecule has 4 fully saturated rings. The number of ketones is 1. The highest BCUT2D eigenvalue weighted by molar-refractivity contribution is 5.79. The summed E-state index contributed by atoms with van der Waals surface area (Å²) in [5.41, 5.74) is 0.182. The number of fused-ring (bicyclic) bond motifs is 5. The highest BCUT2D eigenvalue weighted by Gasteiger charge is 2.63. The molecule has 0 aliphatic heterocycles. The van der Waals surface area contributed by atoms with E-state index in [2.05, 4.69) is 13.8 Å². The van der Waals surface area contributed by atoms with Crippen LogP contribution in [0.4, 0.5) is 0 Å². The van der Waals surface area contributed by atoms with Crippen molar-refractivity contribution in [1.82, 2.24) is 0 Å². The van der Waals surface area contributed by atoms with Gasteiger partial charge in [0.25, 0.3) is 0 Å². The van der Waals surface area contributed by atoms with Gasteiger partial charge in [0.15, 0.2) is 0 Å². The molecule has 0 amide bonds. The normalized spacial score (nSPS) is 57.0. The summed E-state index contributed by atoms with van der Waals surface area (Å²) in [7, 11) is 0.